The van der Waals surface area contributed by atoms with E-state index in [4.69, 9.17) is 5.26 Å². The lowest BCUT2D eigenvalue weighted by Gasteiger charge is -2.21. The molecule has 0 spiro atoms. The van der Waals surface area contributed by atoms with Gasteiger partial charge in [-0.3, -0.25) is 4.98 Å². The third-order valence-corrected chi connectivity index (χ3v) is 4.41. The lowest BCUT2D eigenvalue weighted by atomic mass is 9.85. The maximum absolute atomic E-state index is 8.79. The van der Waals surface area contributed by atoms with Crippen LogP contribution in [0.3, 0.4) is 0 Å². The molecule has 0 saturated heterocycles. The lowest BCUT2D eigenvalue weighted by Crippen LogP contribution is -2.06. The fourth-order valence-corrected chi connectivity index (χ4v) is 3.07. The van der Waals surface area contributed by atoms with Crippen LogP contribution in [0.15, 0.2) is 42.6 Å². The van der Waals surface area contributed by atoms with E-state index in [1.54, 1.807) is 0 Å². The minimum atomic E-state index is 0.681. The summed E-state index contributed by atoms with van der Waals surface area (Å²) in [4.78, 5) is 4.59. The Morgan fingerprint density at radius 3 is 2.45 bits per heavy atom. The topological polar surface area (TPSA) is 48.7 Å². The standard InChI is InChI=1S/C19H21N3/c20-12-15-6-9-18(10-7-15)22-14-19-11-8-17(13-21-19)16-4-2-1-3-5-16/h6-11,13,16,22H,1-5,14H2. The van der Waals surface area contributed by atoms with Gasteiger partial charge < -0.3 is 5.32 Å². The van der Waals surface area contributed by atoms with Gasteiger partial charge in [0, 0.05) is 11.9 Å². The molecule has 1 aliphatic carbocycles. The van der Waals surface area contributed by atoms with Gasteiger partial charge in [-0.05, 0) is 54.7 Å². The van der Waals surface area contributed by atoms with Crippen LogP contribution < -0.4 is 5.32 Å². The number of nitriles is 1. The first-order valence-electron chi connectivity index (χ1n) is 8.04. The Balaban J connectivity index is 1.57. The predicted octanol–water partition coefficient (Wildman–Crippen LogP) is 4.61. The van der Waals surface area contributed by atoms with E-state index in [2.05, 4.69) is 28.5 Å². The molecule has 1 saturated carbocycles. The number of nitrogens with one attached hydrogen (secondary N) is 1. The predicted molar refractivity (Wildman–Crippen MR) is 88.5 cm³/mol. The van der Waals surface area contributed by atoms with Crippen molar-refractivity contribution in [1.82, 2.24) is 4.98 Å². The smallest absolute Gasteiger partial charge is 0.0991 e. The molecular weight excluding hydrogens is 270 g/mol. The molecule has 22 heavy (non-hydrogen) atoms. The molecule has 2 aromatic rings. The van der Waals surface area contributed by atoms with Crippen molar-refractivity contribution in [1.29, 1.82) is 5.26 Å². The number of nitrogens with zero attached hydrogens (tertiary/aromatic N) is 2. The Morgan fingerprint density at radius 1 is 1.05 bits per heavy atom. The molecule has 1 fully saturated rings. The summed E-state index contributed by atoms with van der Waals surface area (Å²) in [5.41, 5.74) is 4.13. The second kappa shape index (κ2) is 7.09. The fraction of sp³-hybridized carbons (Fsp3) is 0.368. The molecular formula is C19H21N3. The minimum Gasteiger partial charge on any atom is -0.379 e. The normalized spacial score (nSPS) is 15.2. The van der Waals surface area contributed by atoms with Gasteiger partial charge in [-0.15, -0.1) is 0 Å². The number of benzene rings is 1. The number of rotatable bonds is 4. The molecule has 1 aromatic heterocycles. The maximum Gasteiger partial charge on any atom is 0.0991 e. The van der Waals surface area contributed by atoms with Gasteiger partial charge >= 0.3 is 0 Å². The van der Waals surface area contributed by atoms with E-state index >= 15 is 0 Å². The molecule has 0 bridgehead atoms. The summed E-state index contributed by atoms with van der Waals surface area (Å²) in [7, 11) is 0. The number of hydrogen-bond acceptors (Lipinski definition) is 3. The first-order valence-corrected chi connectivity index (χ1v) is 8.04. The SMILES string of the molecule is N#Cc1ccc(NCc2ccc(C3CCCCC3)cn2)cc1. The monoisotopic (exact) mass is 291 g/mol. The summed E-state index contributed by atoms with van der Waals surface area (Å²) in [6.45, 7) is 0.705. The van der Waals surface area contributed by atoms with Crippen molar-refractivity contribution < 1.29 is 0 Å². The summed E-state index contributed by atoms with van der Waals surface area (Å²) in [6.07, 6.45) is 8.76. The van der Waals surface area contributed by atoms with Gasteiger partial charge in [-0.25, -0.2) is 0 Å². The van der Waals surface area contributed by atoms with Crippen molar-refractivity contribution in [3.05, 3.63) is 59.4 Å². The Morgan fingerprint density at radius 2 is 1.82 bits per heavy atom. The Bertz CT molecular complexity index is 632. The highest BCUT2D eigenvalue weighted by atomic mass is 14.9. The molecule has 1 heterocycles. The third-order valence-electron chi connectivity index (χ3n) is 4.41. The Hall–Kier alpha value is -2.34. The van der Waals surface area contributed by atoms with Crippen molar-refractivity contribution in [2.75, 3.05) is 5.32 Å². The zero-order chi connectivity index (χ0) is 15.2. The summed E-state index contributed by atoms with van der Waals surface area (Å²) < 4.78 is 0. The molecule has 1 N–H and O–H groups in total. The Kier molecular flexibility index (Phi) is 4.70. The van der Waals surface area contributed by atoms with E-state index in [0.717, 1.165) is 11.4 Å². The van der Waals surface area contributed by atoms with Crippen LogP contribution in [0.1, 0.15) is 54.8 Å². The average molecular weight is 291 g/mol. The summed E-state index contributed by atoms with van der Waals surface area (Å²) in [5, 5.41) is 12.1. The molecule has 3 heteroatoms. The van der Waals surface area contributed by atoms with Crippen LogP contribution in [-0.4, -0.2) is 4.98 Å². The van der Waals surface area contributed by atoms with E-state index in [0.29, 0.717) is 18.0 Å². The van der Waals surface area contributed by atoms with Crippen LogP contribution in [0.2, 0.25) is 0 Å². The molecule has 3 rings (SSSR count). The first-order chi connectivity index (χ1) is 10.8. The van der Waals surface area contributed by atoms with Gasteiger partial charge in [0.2, 0.25) is 0 Å². The van der Waals surface area contributed by atoms with Crippen LogP contribution in [0.4, 0.5) is 5.69 Å². The lowest BCUT2D eigenvalue weighted by molar-refractivity contribution is 0.443. The van der Waals surface area contributed by atoms with E-state index < -0.39 is 0 Å². The highest BCUT2D eigenvalue weighted by Gasteiger charge is 2.15. The molecule has 0 radical (unpaired) electrons. The van der Waals surface area contributed by atoms with Crippen molar-refractivity contribution in [2.24, 2.45) is 0 Å². The summed E-state index contributed by atoms with van der Waals surface area (Å²) >= 11 is 0. The van der Waals surface area contributed by atoms with Crippen LogP contribution >= 0.6 is 0 Å². The highest BCUT2D eigenvalue weighted by Crippen LogP contribution is 2.32. The largest absolute Gasteiger partial charge is 0.379 e. The highest BCUT2D eigenvalue weighted by molar-refractivity contribution is 5.47. The summed E-state index contributed by atoms with van der Waals surface area (Å²) in [5.74, 6) is 0.710. The van der Waals surface area contributed by atoms with Crippen molar-refractivity contribution in [3.8, 4) is 6.07 Å². The molecule has 3 nitrogen and oxygen atoms in total. The fourth-order valence-electron chi connectivity index (χ4n) is 3.07. The van der Waals surface area contributed by atoms with Crippen LogP contribution in [0.25, 0.3) is 0 Å². The zero-order valence-electron chi connectivity index (χ0n) is 12.8. The van der Waals surface area contributed by atoms with Gasteiger partial charge in [0.05, 0.1) is 23.9 Å². The van der Waals surface area contributed by atoms with E-state index in [-0.39, 0.29) is 0 Å². The first kappa shape index (κ1) is 14.6. The third kappa shape index (κ3) is 3.65. The van der Waals surface area contributed by atoms with Crippen molar-refractivity contribution in [3.63, 3.8) is 0 Å². The average Bonchev–Trinajstić information content (AvgIpc) is 2.61. The maximum atomic E-state index is 8.79. The van der Waals surface area contributed by atoms with Crippen LogP contribution in [0, 0.1) is 11.3 Å². The van der Waals surface area contributed by atoms with Crippen molar-refractivity contribution in [2.45, 2.75) is 44.6 Å². The molecule has 0 amide bonds. The van der Waals surface area contributed by atoms with Gasteiger partial charge in [-0.1, -0.05) is 25.3 Å². The van der Waals surface area contributed by atoms with Gasteiger partial charge in [-0.2, -0.15) is 5.26 Å². The molecule has 0 unspecified atom stereocenters. The number of pyridine rings is 1. The zero-order valence-corrected chi connectivity index (χ0v) is 12.8. The second-order valence-corrected chi connectivity index (χ2v) is 5.96. The summed E-state index contributed by atoms with van der Waals surface area (Å²) in [6, 6.07) is 14.0. The van der Waals surface area contributed by atoms with Crippen LogP contribution in [-0.2, 0) is 6.54 Å². The van der Waals surface area contributed by atoms with E-state index in [1.807, 2.05) is 30.5 Å². The minimum absolute atomic E-state index is 0.681. The molecule has 1 aliphatic rings. The molecule has 0 aliphatic heterocycles. The number of aromatic nitrogens is 1. The number of hydrogen-bond donors (Lipinski definition) is 1. The second-order valence-electron chi connectivity index (χ2n) is 5.96. The van der Waals surface area contributed by atoms with Gasteiger partial charge in [0.25, 0.3) is 0 Å². The molecule has 0 atom stereocenters. The van der Waals surface area contributed by atoms with Crippen molar-refractivity contribution >= 4 is 5.69 Å². The van der Waals surface area contributed by atoms with E-state index in [9.17, 15) is 0 Å². The van der Waals surface area contributed by atoms with Gasteiger partial charge in [0.15, 0.2) is 0 Å². The molecule has 112 valence electrons. The van der Waals surface area contributed by atoms with Crippen LogP contribution in [0.5, 0.6) is 0 Å². The van der Waals surface area contributed by atoms with E-state index in [1.165, 1.54) is 37.7 Å². The quantitative estimate of drug-likeness (QED) is 0.894. The Labute approximate surface area is 132 Å². The molecule has 1 aromatic carbocycles. The number of anilines is 1. The van der Waals surface area contributed by atoms with Gasteiger partial charge in [0.1, 0.15) is 0 Å².